The Hall–Kier alpha value is -3.10. The number of rotatable bonds is 9. The van der Waals surface area contributed by atoms with E-state index in [0.29, 0.717) is 0 Å². The molecule has 0 aliphatic heterocycles. The molecule has 0 radical (unpaired) electrons. The maximum Gasteiger partial charge on any atom is 0.513 e. The van der Waals surface area contributed by atoms with Crippen LogP contribution in [0.15, 0.2) is 48.5 Å². The summed E-state index contributed by atoms with van der Waals surface area (Å²) in [5.74, 6) is -0.958. The summed E-state index contributed by atoms with van der Waals surface area (Å²) in [5, 5.41) is 22.1. The number of carbonyl (C=O) groups is 1. The van der Waals surface area contributed by atoms with Crippen molar-refractivity contribution in [3.63, 3.8) is 0 Å². The molecular weight excluding hydrogens is 379 g/mol. The van der Waals surface area contributed by atoms with Crippen molar-refractivity contribution in [2.75, 3.05) is 7.11 Å². The molecule has 0 amide bonds. The van der Waals surface area contributed by atoms with Crippen LogP contribution in [0, 0.1) is 10.1 Å². The van der Waals surface area contributed by atoms with Crippen LogP contribution in [0.1, 0.15) is 6.92 Å². The summed E-state index contributed by atoms with van der Waals surface area (Å²) in [6.07, 6.45) is 0. The van der Waals surface area contributed by atoms with Gasteiger partial charge >= 0.3 is 13.7 Å². The second kappa shape index (κ2) is 8.52. The van der Waals surface area contributed by atoms with Crippen LogP contribution >= 0.6 is 7.75 Å². The van der Waals surface area contributed by atoms with Crippen molar-refractivity contribution in [1.82, 2.24) is 5.09 Å². The molecule has 2 rings (SSSR count). The summed E-state index contributed by atoms with van der Waals surface area (Å²) in [6, 6.07) is 9.81. The first-order valence-corrected chi connectivity index (χ1v) is 9.15. The van der Waals surface area contributed by atoms with Gasteiger partial charge in [-0.15, -0.1) is 0 Å². The lowest BCUT2D eigenvalue weighted by atomic mass is 10.3. The summed E-state index contributed by atoms with van der Waals surface area (Å²) in [7, 11) is -2.85. The number of para-hydroxylation sites is 2. The molecule has 144 valence electrons. The van der Waals surface area contributed by atoms with E-state index in [1.54, 1.807) is 18.2 Å². The molecule has 0 aliphatic rings. The van der Waals surface area contributed by atoms with E-state index in [0.717, 1.165) is 12.1 Å². The molecule has 27 heavy (non-hydrogen) atoms. The predicted molar refractivity (Wildman–Crippen MR) is 95.2 cm³/mol. The van der Waals surface area contributed by atoms with Crippen LogP contribution in [0.3, 0.4) is 0 Å². The topological polar surface area (TPSA) is 137 Å². The number of aliphatic carboxylic acids is 1. The number of nitrogens with zero attached hydrogens (tertiary/aromatic N) is 1. The molecule has 2 N–H and O–H groups in total. The van der Waals surface area contributed by atoms with Gasteiger partial charge in [-0.25, -0.2) is 4.57 Å². The molecule has 0 fully saturated rings. The first-order valence-electron chi connectivity index (χ1n) is 7.61. The molecule has 10 nitrogen and oxygen atoms in total. The Morgan fingerprint density at radius 1 is 1.15 bits per heavy atom. The molecule has 0 aliphatic carbocycles. The van der Waals surface area contributed by atoms with E-state index < -0.39 is 24.7 Å². The normalized spacial score (nSPS) is 13.9. The van der Waals surface area contributed by atoms with Gasteiger partial charge in [0.2, 0.25) is 0 Å². The molecule has 2 atom stereocenters. The van der Waals surface area contributed by atoms with Gasteiger partial charge in [-0.05, 0) is 31.2 Å². The molecule has 2 aromatic carbocycles. The molecule has 0 spiro atoms. The Balaban J connectivity index is 2.33. The zero-order valence-corrected chi connectivity index (χ0v) is 15.3. The Labute approximate surface area is 154 Å². The molecule has 2 aromatic rings. The van der Waals surface area contributed by atoms with Crippen molar-refractivity contribution in [2.45, 2.75) is 13.0 Å². The lowest BCUT2D eigenvalue weighted by Gasteiger charge is -2.23. The van der Waals surface area contributed by atoms with Gasteiger partial charge in [0, 0.05) is 12.1 Å². The number of hydrogen-bond donors (Lipinski definition) is 2. The summed E-state index contributed by atoms with van der Waals surface area (Å²) in [4.78, 5) is 21.3. The van der Waals surface area contributed by atoms with Crippen LogP contribution in [-0.2, 0) is 9.36 Å². The highest BCUT2D eigenvalue weighted by Crippen LogP contribution is 2.47. The van der Waals surface area contributed by atoms with E-state index >= 15 is 0 Å². The van der Waals surface area contributed by atoms with E-state index in [2.05, 4.69) is 5.09 Å². The number of hydrogen-bond acceptors (Lipinski definition) is 7. The fourth-order valence-corrected chi connectivity index (χ4v) is 3.49. The van der Waals surface area contributed by atoms with Crippen LogP contribution in [0.5, 0.6) is 17.2 Å². The number of nitro benzene ring substituents is 1. The number of benzene rings is 2. The van der Waals surface area contributed by atoms with E-state index in [4.69, 9.17) is 18.9 Å². The fourth-order valence-electron chi connectivity index (χ4n) is 1.95. The van der Waals surface area contributed by atoms with E-state index in [1.807, 2.05) is 0 Å². The maximum atomic E-state index is 13.1. The summed E-state index contributed by atoms with van der Waals surface area (Å²) < 4.78 is 29.0. The van der Waals surface area contributed by atoms with Crippen molar-refractivity contribution in [3.8, 4) is 17.2 Å². The summed E-state index contributed by atoms with van der Waals surface area (Å²) in [5.41, 5.74) is -0.185. The molecule has 0 saturated carbocycles. The monoisotopic (exact) mass is 396 g/mol. The predicted octanol–water partition coefficient (Wildman–Crippen LogP) is 3.23. The number of methoxy groups -OCH3 is 1. The van der Waals surface area contributed by atoms with E-state index in [9.17, 15) is 19.5 Å². The second-order valence-electron chi connectivity index (χ2n) is 5.27. The number of carboxylic acids is 1. The SMILES string of the molecule is COc1ccccc1OP(=O)(NC(C)C(=O)O)Oc1ccc([N+](=O)[O-])cc1. The number of carboxylic acid groups (broad SMARTS) is 1. The highest BCUT2D eigenvalue weighted by molar-refractivity contribution is 7.52. The molecule has 11 heteroatoms. The fraction of sp³-hybridized carbons (Fsp3) is 0.188. The largest absolute Gasteiger partial charge is 0.513 e. The van der Waals surface area contributed by atoms with Crippen LogP contribution in [0.4, 0.5) is 5.69 Å². The minimum Gasteiger partial charge on any atom is -0.493 e. The number of non-ortho nitro benzene ring substituents is 1. The average Bonchev–Trinajstić information content (AvgIpc) is 2.62. The molecule has 0 saturated heterocycles. The maximum absolute atomic E-state index is 13.1. The quantitative estimate of drug-likeness (QED) is 0.372. The minimum atomic E-state index is -4.23. The molecule has 0 aromatic heterocycles. The summed E-state index contributed by atoms with van der Waals surface area (Å²) in [6.45, 7) is 1.26. The molecule has 0 heterocycles. The van der Waals surface area contributed by atoms with Gasteiger partial charge in [0.1, 0.15) is 11.8 Å². The number of nitro groups is 1. The van der Waals surface area contributed by atoms with Gasteiger partial charge in [0.05, 0.1) is 12.0 Å². The zero-order chi connectivity index (χ0) is 20.0. The third-order valence-corrected chi connectivity index (χ3v) is 4.87. The standard InChI is InChI=1S/C16H17N2O8P/c1-11(16(19)20)17-27(23,26-15-6-4-3-5-14(15)24-2)25-13-9-7-12(8-10-13)18(21)22/h3-11H,1-2H3,(H,17,23)(H,19,20). The molecule has 0 bridgehead atoms. The van der Waals surface area contributed by atoms with Gasteiger partial charge in [0.25, 0.3) is 5.69 Å². The van der Waals surface area contributed by atoms with Crippen molar-refractivity contribution < 1.29 is 33.2 Å². The number of ether oxygens (including phenoxy) is 1. The lowest BCUT2D eigenvalue weighted by Crippen LogP contribution is -2.34. The first kappa shape index (κ1) is 20.2. The smallest absolute Gasteiger partial charge is 0.493 e. The van der Waals surface area contributed by atoms with Gasteiger partial charge in [-0.2, -0.15) is 5.09 Å². The van der Waals surface area contributed by atoms with Crippen molar-refractivity contribution >= 4 is 19.4 Å². The van der Waals surface area contributed by atoms with Crippen LogP contribution in [0.25, 0.3) is 0 Å². The molecular formula is C16H17N2O8P. The highest BCUT2D eigenvalue weighted by atomic mass is 31.2. The lowest BCUT2D eigenvalue weighted by molar-refractivity contribution is -0.384. The third-order valence-electron chi connectivity index (χ3n) is 3.28. The Morgan fingerprint density at radius 3 is 2.26 bits per heavy atom. The van der Waals surface area contributed by atoms with Crippen LogP contribution in [0.2, 0.25) is 0 Å². The van der Waals surface area contributed by atoms with Gasteiger partial charge in [-0.1, -0.05) is 12.1 Å². The van der Waals surface area contributed by atoms with Crippen molar-refractivity contribution in [2.24, 2.45) is 0 Å². The first-order chi connectivity index (χ1) is 12.7. The van der Waals surface area contributed by atoms with Gasteiger partial charge in [-0.3, -0.25) is 14.9 Å². The molecule has 2 unspecified atom stereocenters. The number of nitrogens with one attached hydrogen (secondary N) is 1. The highest BCUT2D eigenvalue weighted by Gasteiger charge is 2.34. The van der Waals surface area contributed by atoms with Crippen LogP contribution < -0.4 is 18.9 Å². The summed E-state index contributed by atoms with van der Waals surface area (Å²) >= 11 is 0. The minimum absolute atomic E-state index is 0.0103. The average molecular weight is 396 g/mol. The van der Waals surface area contributed by atoms with Crippen LogP contribution in [-0.4, -0.2) is 29.2 Å². The zero-order valence-electron chi connectivity index (χ0n) is 14.4. The van der Waals surface area contributed by atoms with Crippen molar-refractivity contribution in [3.05, 3.63) is 58.6 Å². The Bertz CT molecular complexity index is 871. The third kappa shape index (κ3) is 5.44. The Morgan fingerprint density at radius 2 is 1.74 bits per heavy atom. The van der Waals surface area contributed by atoms with E-state index in [-0.39, 0.29) is 22.9 Å². The van der Waals surface area contributed by atoms with Gasteiger partial charge in [0.15, 0.2) is 11.5 Å². The Kier molecular flexibility index (Phi) is 6.38. The van der Waals surface area contributed by atoms with Gasteiger partial charge < -0.3 is 18.9 Å². The van der Waals surface area contributed by atoms with E-state index in [1.165, 1.54) is 32.2 Å². The van der Waals surface area contributed by atoms with Crippen molar-refractivity contribution in [1.29, 1.82) is 0 Å². The second-order valence-corrected chi connectivity index (χ2v) is 6.89.